The van der Waals surface area contributed by atoms with E-state index in [0.717, 1.165) is 0 Å². The predicted octanol–water partition coefficient (Wildman–Crippen LogP) is 4.60. The first-order valence-electron chi connectivity index (χ1n) is 11.3. The molecule has 1 heterocycles. The summed E-state index contributed by atoms with van der Waals surface area (Å²) in [7, 11) is 1.28. The van der Waals surface area contributed by atoms with Crippen molar-refractivity contribution in [2.45, 2.75) is 38.5 Å². The lowest BCUT2D eigenvalue weighted by atomic mass is 10.0. The normalized spacial score (nSPS) is 11.7. The molecule has 0 fully saturated rings. The van der Waals surface area contributed by atoms with E-state index in [1.165, 1.54) is 18.9 Å². The molecular formula is C25H28ClN5O4S. The molecule has 0 aliphatic rings. The second-order valence-electron chi connectivity index (χ2n) is 8.13. The van der Waals surface area contributed by atoms with E-state index in [1.54, 1.807) is 48.5 Å². The first-order chi connectivity index (χ1) is 17.3. The molecule has 2 amide bonds. The van der Waals surface area contributed by atoms with E-state index in [2.05, 4.69) is 20.8 Å². The average molecular weight is 530 g/mol. The van der Waals surface area contributed by atoms with Crippen LogP contribution >= 0.6 is 23.4 Å². The van der Waals surface area contributed by atoms with Gasteiger partial charge in [0.15, 0.2) is 11.0 Å². The second kappa shape index (κ2) is 12.5. The molecule has 9 nitrogen and oxygen atoms in total. The Balaban J connectivity index is 1.73. The van der Waals surface area contributed by atoms with Crippen LogP contribution in [0.4, 0.5) is 5.69 Å². The third kappa shape index (κ3) is 6.44. The highest BCUT2D eigenvalue weighted by Crippen LogP contribution is 2.26. The van der Waals surface area contributed by atoms with Gasteiger partial charge in [0.25, 0.3) is 5.91 Å². The number of thioether (sulfide) groups is 1. The van der Waals surface area contributed by atoms with Crippen molar-refractivity contribution in [3.63, 3.8) is 0 Å². The summed E-state index contributed by atoms with van der Waals surface area (Å²) >= 11 is 7.41. The molecule has 0 spiro atoms. The van der Waals surface area contributed by atoms with E-state index >= 15 is 0 Å². The molecule has 0 saturated carbocycles. The molecule has 0 unspecified atom stereocenters. The van der Waals surface area contributed by atoms with Gasteiger partial charge >= 0.3 is 5.97 Å². The van der Waals surface area contributed by atoms with Crippen molar-refractivity contribution >= 4 is 46.8 Å². The van der Waals surface area contributed by atoms with E-state index in [1.807, 2.05) is 25.3 Å². The number of esters is 1. The van der Waals surface area contributed by atoms with Crippen molar-refractivity contribution < 1.29 is 19.1 Å². The van der Waals surface area contributed by atoms with Crippen molar-refractivity contribution in [3.05, 3.63) is 70.5 Å². The number of methoxy groups -OCH3 is 1. The van der Waals surface area contributed by atoms with Crippen LogP contribution in [-0.4, -0.2) is 45.4 Å². The minimum Gasteiger partial charge on any atom is -0.465 e. The van der Waals surface area contributed by atoms with E-state index in [4.69, 9.17) is 16.3 Å². The van der Waals surface area contributed by atoms with E-state index in [0.29, 0.717) is 33.8 Å². The lowest BCUT2D eigenvalue weighted by molar-refractivity contribution is -0.113. The summed E-state index contributed by atoms with van der Waals surface area (Å²) in [5, 5.41) is 15.3. The van der Waals surface area contributed by atoms with E-state index < -0.39 is 12.0 Å². The van der Waals surface area contributed by atoms with E-state index in [9.17, 15) is 14.4 Å². The maximum Gasteiger partial charge on any atom is 0.339 e. The highest BCUT2D eigenvalue weighted by Gasteiger charge is 2.27. The molecule has 2 aromatic carbocycles. The first kappa shape index (κ1) is 27.2. The van der Waals surface area contributed by atoms with Gasteiger partial charge in [0.2, 0.25) is 5.91 Å². The molecule has 0 radical (unpaired) electrons. The van der Waals surface area contributed by atoms with Crippen LogP contribution in [0.25, 0.3) is 0 Å². The number of halogens is 1. The van der Waals surface area contributed by atoms with Gasteiger partial charge in [-0.2, -0.15) is 0 Å². The third-order valence-corrected chi connectivity index (χ3v) is 6.65. The lowest BCUT2D eigenvalue weighted by Crippen LogP contribution is -2.34. The Morgan fingerprint density at radius 3 is 2.36 bits per heavy atom. The Kier molecular flexibility index (Phi) is 9.49. The number of ether oxygens (including phenoxy) is 1. The molecule has 3 aromatic rings. The minimum absolute atomic E-state index is 0.0157. The lowest BCUT2D eigenvalue weighted by Gasteiger charge is -2.22. The number of carbonyl (C=O) groups is 3. The number of aromatic nitrogens is 3. The molecule has 1 atom stereocenters. The zero-order valence-corrected chi connectivity index (χ0v) is 22.0. The van der Waals surface area contributed by atoms with Crippen molar-refractivity contribution in [3.8, 4) is 0 Å². The molecule has 0 bridgehead atoms. The molecule has 0 saturated heterocycles. The summed E-state index contributed by atoms with van der Waals surface area (Å²) in [5.41, 5.74) is 1.02. The third-order valence-electron chi connectivity index (χ3n) is 5.35. The number of nitrogens with zero attached hydrogens (tertiary/aromatic N) is 3. The number of hydrogen-bond acceptors (Lipinski definition) is 7. The topological polar surface area (TPSA) is 115 Å². The highest BCUT2D eigenvalue weighted by molar-refractivity contribution is 7.99. The summed E-state index contributed by atoms with van der Waals surface area (Å²) in [6.07, 6.45) is 0. The van der Waals surface area contributed by atoms with Gasteiger partial charge in [-0.1, -0.05) is 61.5 Å². The Morgan fingerprint density at radius 1 is 1.06 bits per heavy atom. The summed E-state index contributed by atoms with van der Waals surface area (Å²) in [6, 6.07) is 13.1. The SMILES string of the molecule is CCn1c(SCC(=O)Nc2ccccc2C(=O)OC)nnc1[C@H](NC(=O)c1ccccc1Cl)C(C)C. The van der Waals surface area contributed by atoms with Crippen LogP contribution in [0.2, 0.25) is 5.02 Å². The quantitative estimate of drug-likeness (QED) is 0.291. The molecule has 0 aliphatic heterocycles. The standard InChI is InChI=1S/C25H28ClN5O4S/c1-5-31-22(21(15(2)3)28-23(33)16-10-6-8-12-18(16)26)29-30-25(31)36-14-20(32)27-19-13-9-7-11-17(19)24(34)35-4/h6-13,15,21H,5,14H2,1-4H3,(H,27,32)(H,28,33)/t21-/m1/s1. The Hall–Kier alpha value is -3.37. The van der Waals surface area contributed by atoms with Crippen LogP contribution in [0.1, 0.15) is 53.4 Å². The van der Waals surface area contributed by atoms with Gasteiger partial charge in [-0.3, -0.25) is 9.59 Å². The van der Waals surface area contributed by atoms with Crippen molar-refractivity contribution in [2.75, 3.05) is 18.2 Å². The number of nitrogens with one attached hydrogen (secondary N) is 2. The molecule has 11 heteroatoms. The first-order valence-corrected chi connectivity index (χ1v) is 12.7. The molecule has 2 N–H and O–H groups in total. The maximum atomic E-state index is 12.9. The Bertz CT molecular complexity index is 1250. The van der Waals surface area contributed by atoms with Gasteiger partial charge in [-0.15, -0.1) is 10.2 Å². The number of benzene rings is 2. The number of para-hydroxylation sites is 1. The smallest absolute Gasteiger partial charge is 0.339 e. The second-order valence-corrected chi connectivity index (χ2v) is 9.48. The fourth-order valence-corrected chi connectivity index (χ4v) is 4.56. The van der Waals surface area contributed by atoms with Crippen LogP contribution in [0.15, 0.2) is 53.7 Å². The van der Waals surface area contributed by atoms with Crippen LogP contribution < -0.4 is 10.6 Å². The highest BCUT2D eigenvalue weighted by atomic mass is 35.5. The van der Waals surface area contributed by atoms with Gasteiger partial charge in [0.1, 0.15) is 0 Å². The number of anilines is 1. The Labute approximate surface area is 219 Å². The summed E-state index contributed by atoms with van der Waals surface area (Å²) in [5.74, 6) is -0.494. The van der Waals surface area contributed by atoms with Crippen LogP contribution in [0, 0.1) is 5.92 Å². The molecule has 1 aromatic heterocycles. The molecule has 0 aliphatic carbocycles. The van der Waals surface area contributed by atoms with Crippen molar-refractivity contribution in [1.82, 2.24) is 20.1 Å². The Morgan fingerprint density at radius 2 is 1.72 bits per heavy atom. The fourth-order valence-electron chi connectivity index (χ4n) is 3.52. The maximum absolute atomic E-state index is 12.9. The minimum atomic E-state index is -0.535. The van der Waals surface area contributed by atoms with Gasteiger partial charge in [0, 0.05) is 6.54 Å². The van der Waals surface area contributed by atoms with Crippen LogP contribution in [0.3, 0.4) is 0 Å². The average Bonchev–Trinajstić information content (AvgIpc) is 3.28. The molecule has 190 valence electrons. The summed E-state index contributed by atoms with van der Waals surface area (Å²) in [6.45, 7) is 6.44. The number of hydrogen-bond donors (Lipinski definition) is 2. The van der Waals surface area contributed by atoms with Crippen LogP contribution in [-0.2, 0) is 16.1 Å². The molecule has 3 rings (SSSR count). The van der Waals surface area contributed by atoms with Gasteiger partial charge < -0.3 is 19.9 Å². The molecular weight excluding hydrogens is 502 g/mol. The number of rotatable bonds is 10. The molecule has 36 heavy (non-hydrogen) atoms. The number of carbonyl (C=O) groups excluding carboxylic acids is 3. The largest absolute Gasteiger partial charge is 0.465 e. The van der Waals surface area contributed by atoms with Crippen molar-refractivity contribution in [1.29, 1.82) is 0 Å². The zero-order valence-electron chi connectivity index (χ0n) is 20.4. The summed E-state index contributed by atoms with van der Waals surface area (Å²) < 4.78 is 6.64. The van der Waals surface area contributed by atoms with Gasteiger partial charge in [0.05, 0.1) is 40.7 Å². The predicted molar refractivity (Wildman–Crippen MR) is 139 cm³/mol. The fraction of sp³-hybridized carbons (Fsp3) is 0.320. The monoisotopic (exact) mass is 529 g/mol. The van der Waals surface area contributed by atoms with E-state index in [-0.39, 0.29) is 29.0 Å². The van der Waals surface area contributed by atoms with Crippen LogP contribution in [0.5, 0.6) is 0 Å². The van der Waals surface area contributed by atoms with Gasteiger partial charge in [-0.25, -0.2) is 4.79 Å². The number of amides is 2. The zero-order chi connectivity index (χ0) is 26.2. The summed E-state index contributed by atoms with van der Waals surface area (Å²) in [4.78, 5) is 37.5. The van der Waals surface area contributed by atoms with Gasteiger partial charge in [-0.05, 0) is 37.1 Å². The van der Waals surface area contributed by atoms with Crippen molar-refractivity contribution in [2.24, 2.45) is 5.92 Å².